The van der Waals surface area contributed by atoms with Gasteiger partial charge in [0.1, 0.15) is 0 Å². The first-order valence-corrected chi connectivity index (χ1v) is 9.49. The van der Waals surface area contributed by atoms with E-state index in [1.165, 1.54) is 12.8 Å². The smallest absolute Gasteiger partial charge is 0.168 e. The Balaban J connectivity index is 1.75. The van der Waals surface area contributed by atoms with E-state index in [1.807, 2.05) is 7.11 Å². The van der Waals surface area contributed by atoms with Crippen molar-refractivity contribution in [2.45, 2.75) is 70.7 Å². The fraction of sp³-hybridized carbons (Fsp3) is 0.900. The summed E-state index contributed by atoms with van der Waals surface area (Å²) in [6.07, 6.45) is 12.2. The van der Waals surface area contributed by atoms with E-state index in [0.717, 1.165) is 31.6 Å². The Bertz CT molecular complexity index is 513. The summed E-state index contributed by atoms with van der Waals surface area (Å²) in [5.74, 6) is 0.673. The summed E-state index contributed by atoms with van der Waals surface area (Å²) >= 11 is 0. The molecule has 3 nitrogen and oxygen atoms in total. The summed E-state index contributed by atoms with van der Waals surface area (Å²) in [4.78, 5) is 0. The second-order valence-corrected chi connectivity index (χ2v) is 9.15. The largest absolute Gasteiger partial charge is 0.381 e. The Kier molecular flexibility index (Phi) is 3.54. The SMILES string of the molecule is COC1CC2CCC=C[C@]2(C)[C@@H]2CC[C@@]3(C)[C@@H](CCC3(O)O)[C@H]12. The van der Waals surface area contributed by atoms with Crippen LogP contribution in [0.2, 0.25) is 0 Å². The van der Waals surface area contributed by atoms with Crippen molar-refractivity contribution in [3.8, 4) is 0 Å². The van der Waals surface area contributed by atoms with Crippen molar-refractivity contribution in [1.82, 2.24) is 0 Å². The van der Waals surface area contributed by atoms with Crippen LogP contribution in [0.15, 0.2) is 12.2 Å². The van der Waals surface area contributed by atoms with Crippen LogP contribution in [0.3, 0.4) is 0 Å². The van der Waals surface area contributed by atoms with E-state index in [-0.39, 0.29) is 16.9 Å². The van der Waals surface area contributed by atoms with Crippen LogP contribution in [-0.4, -0.2) is 29.2 Å². The van der Waals surface area contributed by atoms with Crippen molar-refractivity contribution in [2.75, 3.05) is 7.11 Å². The monoisotopic (exact) mass is 320 g/mol. The van der Waals surface area contributed by atoms with Crippen molar-refractivity contribution in [2.24, 2.45) is 34.5 Å². The summed E-state index contributed by atoms with van der Waals surface area (Å²) in [7, 11) is 1.86. The Morgan fingerprint density at radius 3 is 2.52 bits per heavy atom. The van der Waals surface area contributed by atoms with Crippen LogP contribution in [-0.2, 0) is 4.74 Å². The summed E-state index contributed by atoms with van der Waals surface area (Å²) in [6, 6.07) is 0. The van der Waals surface area contributed by atoms with Crippen LogP contribution in [0.1, 0.15) is 58.8 Å². The fourth-order valence-electron chi connectivity index (χ4n) is 7.00. The third kappa shape index (κ3) is 1.99. The molecule has 2 unspecified atom stereocenters. The van der Waals surface area contributed by atoms with E-state index < -0.39 is 5.79 Å². The lowest BCUT2D eigenvalue weighted by Crippen LogP contribution is -2.59. The Morgan fingerprint density at radius 2 is 1.78 bits per heavy atom. The molecule has 0 amide bonds. The van der Waals surface area contributed by atoms with Gasteiger partial charge in [0.15, 0.2) is 5.79 Å². The molecule has 7 atom stereocenters. The van der Waals surface area contributed by atoms with Gasteiger partial charge in [0.2, 0.25) is 0 Å². The van der Waals surface area contributed by atoms with Gasteiger partial charge in [-0.05, 0) is 67.6 Å². The predicted octanol–water partition coefficient (Wildman–Crippen LogP) is 3.50. The number of hydrogen-bond acceptors (Lipinski definition) is 3. The first kappa shape index (κ1) is 16.1. The molecule has 3 saturated carbocycles. The molecule has 0 saturated heterocycles. The first-order valence-electron chi connectivity index (χ1n) is 9.49. The zero-order chi connectivity index (χ0) is 16.5. The second-order valence-electron chi connectivity index (χ2n) is 9.15. The molecule has 0 radical (unpaired) electrons. The molecular weight excluding hydrogens is 288 g/mol. The number of ether oxygens (including phenoxy) is 1. The lowest BCUT2D eigenvalue weighted by Gasteiger charge is -2.61. The van der Waals surface area contributed by atoms with Gasteiger partial charge in [0.25, 0.3) is 0 Å². The Morgan fingerprint density at radius 1 is 1.04 bits per heavy atom. The minimum Gasteiger partial charge on any atom is -0.381 e. The standard InChI is InChI=1S/C20H32O3/c1-18-9-5-4-6-13(18)12-16(23-3)17-14(18)7-10-19(2)15(17)8-11-20(19,21)22/h5,9,13-17,21-22H,4,6-8,10-12H2,1-3H3/t13?,14-,15+,16?,17-,18+,19+/m1/s1. The molecule has 0 aromatic heterocycles. The number of aliphatic hydroxyl groups is 2. The molecule has 130 valence electrons. The average molecular weight is 320 g/mol. The highest BCUT2D eigenvalue weighted by atomic mass is 16.5. The maximum absolute atomic E-state index is 10.6. The van der Waals surface area contributed by atoms with Crippen molar-refractivity contribution in [1.29, 1.82) is 0 Å². The molecular formula is C20H32O3. The van der Waals surface area contributed by atoms with Crippen LogP contribution in [0.5, 0.6) is 0 Å². The normalized spacial score (nSPS) is 54.2. The highest BCUT2D eigenvalue weighted by molar-refractivity contribution is 5.18. The number of hydrogen-bond donors (Lipinski definition) is 2. The molecule has 3 fully saturated rings. The van der Waals surface area contributed by atoms with Crippen molar-refractivity contribution < 1.29 is 14.9 Å². The van der Waals surface area contributed by atoms with Gasteiger partial charge in [0.05, 0.1) is 6.10 Å². The maximum Gasteiger partial charge on any atom is 0.168 e. The number of fused-ring (bicyclic) bond motifs is 5. The zero-order valence-electron chi connectivity index (χ0n) is 14.8. The average Bonchev–Trinajstić information content (AvgIpc) is 2.76. The van der Waals surface area contributed by atoms with Crippen LogP contribution in [0.25, 0.3) is 0 Å². The third-order valence-corrected chi connectivity index (χ3v) is 8.53. The lowest BCUT2D eigenvalue weighted by atomic mass is 9.45. The highest BCUT2D eigenvalue weighted by Gasteiger charge is 2.65. The van der Waals surface area contributed by atoms with Gasteiger partial charge in [-0.1, -0.05) is 26.0 Å². The lowest BCUT2D eigenvalue weighted by molar-refractivity contribution is -0.257. The van der Waals surface area contributed by atoms with Gasteiger partial charge in [-0.2, -0.15) is 0 Å². The van der Waals surface area contributed by atoms with Crippen molar-refractivity contribution in [3.05, 3.63) is 12.2 Å². The minimum atomic E-state index is -1.50. The van der Waals surface area contributed by atoms with Crippen LogP contribution < -0.4 is 0 Å². The van der Waals surface area contributed by atoms with Gasteiger partial charge in [0, 0.05) is 18.9 Å². The van der Waals surface area contributed by atoms with Crippen LogP contribution in [0.4, 0.5) is 0 Å². The molecule has 4 aliphatic rings. The topological polar surface area (TPSA) is 49.7 Å². The summed E-state index contributed by atoms with van der Waals surface area (Å²) in [6.45, 7) is 4.57. The molecule has 4 rings (SSSR count). The Hall–Kier alpha value is -0.380. The maximum atomic E-state index is 10.6. The van der Waals surface area contributed by atoms with E-state index in [1.54, 1.807) is 0 Å². The van der Waals surface area contributed by atoms with Crippen molar-refractivity contribution >= 4 is 0 Å². The van der Waals surface area contributed by atoms with Crippen molar-refractivity contribution in [3.63, 3.8) is 0 Å². The molecule has 0 bridgehead atoms. The number of allylic oxidation sites excluding steroid dienone is 2. The molecule has 23 heavy (non-hydrogen) atoms. The molecule has 3 heteroatoms. The van der Waals surface area contributed by atoms with Gasteiger partial charge in [-0.3, -0.25) is 0 Å². The summed E-state index contributed by atoms with van der Waals surface area (Å²) in [5.41, 5.74) is -0.0953. The quantitative estimate of drug-likeness (QED) is 0.574. The molecule has 0 aromatic carbocycles. The van der Waals surface area contributed by atoms with E-state index in [4.69, 9.17) is 4.74 Å². The minimum absolute atomic E-state index is 0.273. The van der Waals surface area contributed by atoms with Crippen LogP contribution >= 0.6 is 0 Å². The van der Waals surface area contributed by atoms with Gasteiger partial charge in [-0.15, -0.1) is 0 Å². The summed E-state index contributed by atoms with van der Waals surface area (Å²) < 4.78 is 5.99. The van der Waals surface area contributed by atoms with E-state index in [9.17, 15) is 10.2 Å². The molecule has 0 spiro atoms. The molecule has 0 aromatic rings. The predicted molar refractivity (Wildman–Crippen MR) is 89.6 cm³/mol. The van der Waals surface area contributed by atoms with Gasteiger partial charge >= 0.3 is 0 Å². The van der Waals surface area contributed by atoms with E-state index in [0.29, 0.717) is 24.2 Å². The molecule has 4 aliphatic carbocycles. The van der Waals surface area contributed by atoms with Crippen LogP contribution in [0, 0.1) is 34.5 Å². The van der Waals surface area contributed by atoms with E-state index >= 15 is 0 Å². The molecule has 0 heterocycles. The van der Waals surface area contributed by atoms with Gasteiger partial charge < -0.3 is 14.9 Å². The zero-order valence-corrected chi connectivity index (χ0v) is 14.8. The third-order valence-electron chi connectivity index (χ3n) is 8.53. The van der Waals surface area contributed by atoms with E-state index in [2.05, 4.69) is 26.0 Å². The number of methoxy groups -OCH3 is 1. The highest BCUT2D eigenvalue weighted by Crippen LogP contribution is 2.67. The van der Waals surface area contributed by atoms with Gasteiger partial charge in [-0.25, -0.2) is 0 Å². The summed E-state index contributed by atoms with van der Waals surface area (Å²) in [5, 5.41) is 21.2. The Labute approximate surface area is 140 Å². The number of rotatable bonds is 1. The first-order chi connectivity index (χ1) is 10.8. The molecule has 2 N–H and O–H groups in total. The fourth-order valence-corrected chi connectivity index (χ4v) is 7.00. The molecule has 0 aliphatic heterocycles. The second kappa shape index (κ2) is 5.06.